The van der Waals surface area contributed by atoms with Gasteiger partial charge in [-0.05, 0) is 43.7 Å². The Morgan fingerprint density at radius 3 is 2.68 bits per heavy atom. The minimum atomic E-state index is -0.551. The van der Waals surface area contributed by atoms with Crippen LogP contribution in [0.25, 0.3) is 0 Å². The number of anilines is 1. The van der Waals surface area contributed by atoms with Crippen LogP contribution in [0.2, 0.25) is 10.0 Å². The number of benzene rings is 2. The van der Waals surface area contributed by atoms with Gasteiger partial charge in [-0.1, -0.05) is 35.3 Å². The van der Waals surface area contributed by atoms with Crippen molar-refractivity contribution in [2.75, 3.05) is 18.5 Å². The smallest absolute Gasteiger partial charge is 0.238 e. The van der Waals surface area contributed by atoms with E-state index in [1.54, 1.807) is 19.1 Å². The van der Waals surface area contributed by atoms with Gasteiger partial charge in [0.05, 0.1) is 23.9 Å². The first-order valence-corrected chi connectivity index (χ1v) is 8.57. The number of carbonyl (C=O) groups is 1. The van der Waals surface area contributed by atoms with Crippen LogP contribution < -0.4 is 15.4 Å². The van der Waals surface area contributed by atoms with Crippen LogP contribution in [0.4, 0.5) is 10.1 Å². The van der Waals surface area contributed by atoms with Crippen molar-refractivity contribution in [3.05, 3.63) is 57.8 Å². The van der Waals surface area contributed by atoms with Gasteiger partial charge in [0.1, 0.15) is 11.6 Å². The maximum atomic E-state index is 13.6. The largest absolute Gasteiger partial charge is 0.492 e. The van der Waals surface area contributed by atoms with Gasteiger partial charge in [-0.25, -0.2) is 4.39 Å². The Morgan fingerprint density at radius 2 is 1.96 bits per heavy atom. The number of hydrogen-bond donors (Lipinski definition) is 2. The molecule has 25 heavy (non-hydrogen) atoms. The summed E-state index contributed by atoms with van der Waals surface area (Å²) in [5, 5.41) is 6.10. The maximum absolute atomic E-state index is 13.6. The molecule has 1 amide bonds. The Balaban J connectivity index is 1.97. The van der Waals surface area contributed by atoms with Gasteiger partial charge in [0.25, 0.3) is 0 Å². The lowest BCUT2D eigenvalue weighted by Gasteiger charge is -2.17. The predicted octanol–water partition coefficient (Wildman–Crippen LogP) is 4.82. The number of para-hydroxylation sites is 2. The Bertz CT molecular complexity index is 756. The minimum Gasteiger partial charge on any atom is -0.492 e. The first-order chi connectivity index (χ1) is 11.9. The summed E-state index contributed by atoms with van der Waals surface area (Å²) >= 11 is 11.8. The van der Waals surface area contributed by atoms with Crippen molar-refractivity contribution in [1.29, 1.82) is 0 Å². The standard InChI is InChI=1S/C18H19Cl2FN2O2/c1-3-25-17-7-5-4-6-16(17)23-18(24)10-22-11(2)12-8-15(21)14(20)9-13(12)19/h4-9,11,22H,3,10H2,1-2H3,(H,23,24)/t11-/m0/s1. The Hall–Kier alpha value is -1.82. The molecule has 0 bridgehead atoms. The van der Waals surface area contributed by atoms with E-state index in [1.807, 2.05) is 19.1 Å². The molecule has 0 saturated carbocycles. The first kappa shape index (κ1) is 19.5. The lowest BCUT2D eigenvalue weighted by molar-refractivity contribution is -0.115. The molecular weight excluding hydrogens is 366 g/mol. The third-order valence-corrected chi connectivity index (χ3v) is 4.15. The lowest BCUT2D eigenvalue weighted by atomic mass is 10.1. The molecule has 2 aromatic carbocycles. The lowest BCUT2D eigenvalue weighted by Crippen LogP contribution is -2.30. The van der Waals surface area contributed by atoms with E-state index < -0.39 is 5.82 Å². The number of halogens is 3. The fraction of sp³-hybridized carbons (Fsp3) is 0.278. The van der Waals surface area contributed by atoms with Gasteiger partial charge in [-0.15, -0.1) is 0 Å². The van der Waals surface area contributed by atoms with Crippen LogP contribution in [-0.2, 0) is 4.79 Å². The molecule has 0 aliphatic heterocycles. The molecule has 134 valence electrons. The molecular formula is C18H19Cl2FN2O2. The molecule has 7 heteroatoms. The second-order valence-electron chi connectivity index (χ2n) is 5.37. The third kappa shape index (κ3) is 5.33. The number of rotatable bonds is 7. The summed E-state index contributed by atoms with van der Waals surface area (Å²) in [7, 11) is 0. The normalized spacial score (nSPS) is 11.9. The number of hydrogen-bond acceptors (Lipinski definition) is 3. The molecule has 4 nitrogen and oxygen atoms in total. The Morgan fingerprint density at radius 1 is 1.24 bits per heavy atom. The van der Waals surface area contributed by atoms with E-state index in [2.05, 4.69) is 10.6 Å². The molecule has 0 fully saturated rings. The summed E-state index contributed by atoms with van der Waals surface area (Å²) in [6, 6.07) is 9.48. The molecule has 2 N–H and O–H groups in total. The number of ether oxygens (including phenoxy) is 1. The van der Waals surface area contributed by atoms with E-state index in [0.717, 1.165) is 0 Å². The van der Waals surface area contributed by atoms with Crippen molar-refractivity contribution in [3.63, 3.8) is 0 Å². The molecule has 0 aliphatic carbocycles. The Kier molecular flexibility index (Phi) is 7.05. The second kappa shape index (κ2) is 9.04. The highest BCUT2D eigenvalue weighted by Gasteiger charge is 2.15. The highest BCUT2D eigenvalue weighted by Crippen LogP contribution is 2.28. The van der Waals surface area contributed by atoms with Crippen molar-refractivity contribution in [2.24, 2.45) is 0 Å². The summed E-state index contributed by atoms with van der Waals surface area (Å²) in [5.74, 6) is -0.191. The first-order valence-electron chi connectivity index (χ1n) is 7.81. The van der Waals surface area contributed by atoms with Crippen molar-refractivity contribution in [1.82, 2.24) is 5.32 Å². The highest BCUT2D eigenvalue weighted by atomic mass is 35.5. The average molecular weight is 385 g/mol. The Labute approximate surface area is 156 Å². The van der Waals surface area contributed by atoms with E-state index in [1.165, 1.54) is 12.1 Å². The fourth-order valence-corrected chi connectivity index (χ4v) is 2.82. The third-order valence-electron chi connectivity index (χ3n) is 3.54. The van der Waals surface area contributed by atoms with E-state index in [0.29, 0.717) is 28.6 Å². The van der Waals surface area contributed by atoms with Crippen LogP contribution in [0, 0.1) is 5.82 Å². The quantitative estimate of drug-likeness (QED) is 0.672. The van der Waals surface area contributed by atoms with E-state index in [9.17, 15) is 9.18 Å². The molecule has 0 unspecified atom stereocenters. The summed E-state index contributed by atoms with van der Waals surface area (Å²) in [6.07, 6.45) is 0. The molecule has 2 aromatic rings. The van der Waals surface area contributed by atoms with Gasteiger partial charge in [0.15, 0.2) is 0 Å². The SMILES string of the molecule is CCOc1ccccc1NC(=O)CN[C@@H](C)c1cc(F)c(Cl)cc1Cl. The van der Waals surface area contributed by atoms with Crippen molar-refractivity contribution >= 4 is 34.8 Å². The highest BCUT2D eigenvalue weighted by molar-refractivity contribution is 6.35. The molecule has 1 atom stereocenters. The van der Waals surface area contributed by atoms with Crippen LogP contribution in [0.3, 0.4) is 0 Å². The van der Waals surface area contributed by atoms with Gasteiger partial charge in [0, 0.05) is 11.1 Å². The maximum Gasteiger partial charge on any atom is 0.238 e. The predicted molar refractivity (Wildman–Crippen MR) is 99.1 cm³/mol. The zero-order chi connectivity index (χ0) is 18.4. The summed E-state index contributed by atoms with van der Waals surface area (Å²) in [6.45, 7) is 4.19. The zero-order valence-electron chi connectivity index (χ0n) is 13.9. The second-order valence-corrected chi connectivity index (χ2v) is 6.18. The van der Waals surface area contributed by atoms with E-state index >= 15 is 0 Å². The zero-order valence-corrected chi connectivity index (χ0v) is 15.4. The molecule has 0 radical (unpaired) electrons. The summed E-state index contributed by atoms with van der Waals surface area (Å²) in [5.41, 5.74) is 1.13. The van der Waals surface area contributed by atoms with Gasteiger partial charge < -0.3 is 15.4 Å². The van der Waals surface area contributed by atoms with Gasteiger partial charge in [-0.2, -0.15) is 0 Å². The van der Waals surface area contributed by atoms with Crippen LogP contribution >= 0.6 is 23.2 Å². The number of amides is 1. The van der Waals surface area contributed by atoms with Crippen LogP contribution in [0.5, 0.6) is 5.75 Å². The summed E-state index contributed by atoms with van der Waals surface area (Å²) < 4.78 is 19.1. The average Bonchev–Trinajstić information content (AvgIpc) is 2.58. The van der Waals surface area contributed by atoms with Crippen LogP contribution in [0.15, 0.2) is 36.4 Å². The topological polar surface area (TPSA) is 50.4 Å². The molecule has 2 rings (SSSR count). The fourth-order valence-electron chi connectivity index (χ4n) is 2.27. The van der Waals surface area contributed by atoms with Gasteiger partial charge in [-0.3, -0.25) is 4.79 Å². The van der Waals surface area contributed by atoms with E-state index in [-0.39, 0.29) is 23.5 Å². The van der Waals surface area contributed by atoms with E-state index in [4.69, 9.17) is 27.9 Å². The van der Waals surface area contributed by atoms with Crippen molar-refractivity contribution in [2.45, 2.75) is 19.9 Å². The number of carbonyl (C=O) groups excluding carboxylic acids is 1. The van der Waals surface area contributed by atoms with Crippen LogP contribution in [0.1, 0.15) is 25.5 Å². The van der Waals surface area contributed by atoms with Gasteiger partial charge >= 0.3 is 0 Å². The summed E-state index contributed by atoms with van der Waals surface area (Å²) in [4.78, 5) is 12.2. The molecule has 0 spiro atoms. The number of nitrogens with one attached hydrogen (secondary N) is 2. The van der Waals surface area contributed by atoms with Gasteiger partial charge in [0.2, 0.25) is 5.91 Å². The monoisotopic (exact) mass is 384 g/mol. The molecule has 0 aromatic heterocycles. The molecule has 0 aliphatic rings. The molecule has 0 heterocycles. The molecule has 0 saturated heterocycles. The van der Waals surface area contributed by atoms with Crippen LogP contribution in [-0.4, -0.2) is 19.1 Å². The minimum absolute atomic E-state index is 0.0300. The van der Waals surface area contributed by atoms with Crippen molar-refractivity contribution < 1.29 is 13.9 Å². The van der Waals surface area contributed by atoms with Crippen molar-refractivity contribution in [3.8, 4) is 5.75 Å².